The van der Waals surface area contributed by atoms with Gasteiger partial charge in [-0.25, -0.2) is 4.79 Å². The molecule has 0 bridgehead atoms. The Morgan fingerprint density at radius 1 is 1.67 bits per heavy atom. The van der Waals surface area contributed by atoms with Crippen molar-refractivity contribution in [1.29, 1.82) is 0 Å². The molecule has 0 aliphatic carbocycles. The third-order valence-electron chi connectivity index (χ3n) is 1.33. The van der Waals surface area contributed by atoms with Crippen molar-refractivity contribution in [3.63, 3.8) is 0 Å². The van der Waals surface area contributed by atoms with E-state index in [1.54, 1.807) is 12.1 Å². The number of rotatable bonds is 3. The fraction of sp³-hybridized carbons (Fsp3) is 0.250. The van der Waals surface area contributed by atoms with Crippen LogP contribution in [-0.2, 0) is 16.0 Å². The molecule has 0 saturated carbocycles. The van der Waals surface area contributed by atoms with E-state index >= 15 is 0 Å². The van der Waals surface area contributed by atoms with E-state index in [2.05, 4.69) is 4.74 Å². The van der Waals surface area contributed by atoms with E-state index in [0.29, 0.717) is 11.3 Å². The standard InChI is InChI=1S/C8H8O3S/c1-11-8(10)7-3-2-6(12-7)4-5-9/h2-3,5H,4H2,1H3. The second-order valence-corrected chi connectivity index (χ2v) is 3.30. The van der Waals surface area contributed by atoms with E-state index in [1.807, 2.05) is 0 Å². The molecular formula is C8H8O3S. The Balaban J connectivity index is 2.76. The van der Waals surface area contributed by atoms with Gasteiger partial charge in [0.2, 0.25) is 0 Å². The van der Waals surface area contributed by atoms with Gasteiger partial charge in [0, 0.05) is 11.3 Å². The Morgan fingerprint density at radius 3 is 3.00 bits per heavy atom. The second-order valence-electron chi connectivity index (χ2n) is 2.13. The Kier molecular flexibility index (Phi) is 2.99. The molecule has 1 aromatic rings. The van der Waals surface area contributed by atoms with E-state index < -0.39 is 0 Å². The summed E-state index contributed by atoms with van der Waals surface area (Å²) in [5.74, 6) is -0.350. The average molecular weight is 184 g/mol. The first-order valence-corrected chi connectivity index (χ1v) is 4.20. The highest BCUT2D eigenvalue weighted by atomic mass is 32.1. The summed E-state index contributed by atoms with van der Waals surface area (Å²) in [6.07, 6.45) is 1.18. The zero-order valence-electron chi connectivity index (χ0n) is 6.57. The van der Waals surface area contributed by atoms with Crippen LogP contribution in [0.5, 0.6) is 0 Å². The number of aldehydes is 1. The Hall–Kier alpha value is -1.16. The first-order valence-electron chi connectivity index (χ1n) is 3.38. The smallest absolute Gasteiger partial charge is 0.348 e. The van der Waals surface area contributed by atoms with Crippen LogP contribution in [0.4, 0.5) is 0 Å². The number of ether oxygens (including phenoxy) is 1. The van der Waals surface area contributed by atoms with Gasteiger partial charge < -0.3 is 9.53 Å². The highest BCUT2D eigenvalue weighted by Gasteiger charge is 2.07. The molecule has 64 valence electrons. The van der Waals surface area contributed by atoms with E-state index in [9.17, 15) is 9.59 Å². The number of hydrogen-bond acceptors (Lipinski definition) is 4. The third kappa shape index (κ3) is 1.92. The molecule has 0 atom stereocenters. The maximum absolute atomic E-state index is 10.9. The van der Waals surface area contributed by atoms with Gasteiger partial charge in [-0.15, -0.1) is 11.3 Å². The molecule has 1 rings (SSSR count). The largest absolute Gasteiger partial charge is 0.465 e. The van der Waals surface area contributed by atoms with Gasteiger partial charge in [-0.1, -0.05) is 0 Å². The number of carbonyl (C=O) groups excluding carboxylic acids is 2. The van der Waals surface area contributed by atoms with Gasteiger partial charge in [0.1, 0.15) is 11.2 Å². The monoisotopic (exact) mass is 184 g/mol. The first kappa shape index (κ1) is 8.93. The van der Waals surface area contributed by atoms with E-state index in [1.165, 1.54) is 18.4 Å². The summed E-state index contributed by atoms with van der Waals surface area (Å²) in [5, 5.41) is 0. The molecule has 0 fully saturated rings. The number of carbonyl (C=O) groups is 2. The van der Waals surface area contributed by atoms with Crippen LogP contribution < -0.4 is 0 Å². The zero-order chi connectivity index (χ0) is 8.97. The molecule has 1 aromatic heterocycles. The van der Waals surface area contributed by atoms with Crippen LogP contribution >= 0.6 is 11.3 Å². The van der Waals surface area contributed by atoms with E-state index in [4.69, 9.17) is 0 Å². The van der Waals surface area contributed by atoms with Crippen molar-refractivity contribution in [3.05, 3.63) is 21.9 Å². The summed E-state index contributed by atoms with van der Waals surface area (Å²) in [5.41, 5.74) is 0. The molecule has 0 radical (unpaired) electrons. The molecule has 0 aliphatic heterocycles. The molecule has 0 amide bonds. The normalized spacial score (nSPS) is 9.42. The average Bonchev–Trinajstić information content (AvgIpc) is 2.52. The first-order chi connectivity index (χ1) is 5.77. The number of thiophene rings is 1. The minimum Gasteiger partial charge on any atom is -0.465 e. The number of esters is 1. The summed E-state index contributed by atoms with van der Waals surface area (Å²) >= 11 is 1.28. The van der Waals surface area contributed by atoms with Gasteiger partial charge in [-0.2, -0.15) is 0 Å². The summed E-state index contributed by atoms with van der Waals surface area (Å²) in [4.78, 5) is 22.5. The molecule has 3 nitrogen and oxygen atoms in total. The van der Waals surface area contributed by atoms with Gasteiger partial charge >= 0.3 is 5.97 Å². The lowest BCUT2D eigenvalue weighted by atomic mass is 10.3. The topological polar surface area (TPSA) is 43.4 Å². The van der Waals surface area contributed by atoms with Gasteiger partial charge in [0.15, 0.2) is 0 Å². The predicted octanol–water partition coefficient (Wildman–Crippen LogP) is 1.28. The molecule has 0 saturated heterocycles. The molecule has 0 unspecified atom stereocenters. The molecule has 0 spiro atoms. The summed E-state index contributed by atoms with van der Waals surface area (Å²) < 4.78 is 4.51. The molecule has 0 aromatic carbocycles. The summed E-state index contributed by atoms with van der Waals surface area (Å²) in [6, 6.07) is 3.42. The quantitative estimate of drug-likeness (QED) is 0.525. The molecule has 1 heterocycles. The molecule has 0 aliphatic rings. The zero-order valence-corrected chi connectivity index (χ0v) is 7.39. The fourth-order valence-electron chi connectivity index (χ4n) is 0.780. The molecular weight excluding hydrogens is 176 g/mol. The maximum Gasteiger partial charge on any atom is 0.348 e. The van der Waals surface area contributed by atoms with E-state index in [0.717, 1.165) is 11.2 Å². The van der Waals surface area contributed by atoms with Crippen LogP contribution in [0.25, 0.3) is 0 Å². The van der Waals surface area contributed by atoms with Crippen LogP contribution in [-0.4, -0.2) is 19.4 Å². The van der Waals surface area contributed by atoms with Crippen molar-refractivity contribution in [2.24, 2.45) is 0 Å². The number of hydrogen-bond donors (Lipinski definition) is 0. The van der Waals surface area contributed by atoms with Crippen molar-refractivity contribution in [1.82, 2.24) is 0 Å². The molecule has 12 heavy (non-hydrogen) atoms. The minimum atomic E-state index is -0.350. The summed E-state index contributed by atoms with van der Waals surface area (Å²) in [7, 11) is 1.33. The van der Waals surface area contributed by atoms with E-state index in [-0.39, 0.29) is 5.97 Å². The van der Waals surface area contributed by atoms with Crippen LogP contribution in [0.2, 0.25) is 0 Å². The minimum absolute atomic E-state index is 0.350. The Morgan fingerprint density at radius 2 is 2.42 bits per heavy atom. The van der Waals surface area contributed by atoms with Crippen molar-refractivity contribution in [2.75, 3.05) is 7.11 Å². The van der Waals surface area contributed by atoms with Crippen molar-refractivity contribution in [2.45, 2.75) is 6.42 Å². The second kappa shape index (κ2) is 4.01. The van der Waals surface area contributed by atoms with Crippen LogP contribution in [0, 0.1) is 0 Å². The molecule has 4 heteroatoms. The lowest BCUT2D eigenvalue weighted by Gasteiger charge is -1.91. The molecule has 0 N–H and O–H groups in total. The highest BCUT2D eigenvalue weighted by molar-refractivity contribution is 7.14. The maximum atomic E-state index is 10.9. The highest BCUT2D eigenvalue weighted by Crippen LogP contribution is 2.16. The predicted molar refractivity (Wildman–Crippen MR) is 45.4 cm³/mol. The Bertz CT molecular complexity index is 290. The van der Waals surface area contributed by atoms with Gasteiger partial charge in [0.25, 0.3) is 0 Å². The van der Waals surface area contributed by atoms with Crippen LogP contribution in [0.1, 0.15) is 14.5 Å². The number of methoxy groups -OCH3 is 1. The van der Waals surface area contributed by atoms with Gasteiger partial charge in [0.05, 0.1) is 7.11 Å². The van der Waals surface area contributed by atoms with Gasteiger partial charge in [-0.3, -0.25) is 0 Å². The van der Waals surface area contributed by atoms with Crippen molar-refractivity contribution >= 4 is 23.6 Å². The summed E-state index contributed by atoms with van der Waals surface area (Å²) in [6.45, 7) is 0. The van der Waals surface area contributed by atoms with Crippen molar-refractivity contribution in [3.8, 4) is 0 Å². The van der Waals surface area contributed by atoms with Crippen LogP contribution in [0.15, 0.2) is 12.1 Å². The lowest BCUT2D eigenvalue weighted by molar-refractivity contribution is -0.107. The van der Waals surface area contributed by atoms with Gasteiger partial charge in [-0.05, 0) is 12.1 Å². The van der Waals surface area contributed by atoms with Crippen LogP contribution in [0.3, 0.4) is 0 Å². The third-order valence-corrected chi connectivity index (χ3v) is 2.42. The lowest BCUT2D eigenvalue weighted by Crippen LogP contribution is -1.96. The Labute approximate surface area is 74.0 Å². The fourth-order valence-corrected chi connectivity index (χ4v) is 1.65. The SMILES string of the molecule is COC(=O)c1ccc(CC=O)s1. The van der Waals surface area contributed by atoms with Crippen molar-refractivity contribution < 1.29 is 14.3 Å².